The minimum absolute atomic E-state index is 0.344. The Morgan fingerprint density at radius 1 is 1.25 bits per heavy atom. The Kier molecular flexibility index (Phi) is 6.17. The second kappa shape index (κ2) is 7.20. The molecule has 5 heteroatoms. The van der Waals surface area contributed by atoms with Gasteiger partial charge in [-0.05, 0) is 44.7 Å². The zero-order chi connectivity index (χ0) is 15.3. The molecule has 0 spiro atoms. The number of methoxy groups -OCH3 is 2. The smallest absolute Gasteiger partial charge is 0.161 e. The molecule has 0 saturated heterocycles. The molecule has 0 bridgehead atoms. The highest BCUT2D eigenvalue weighted by Gasteiger charge is 2.23. The summed E-state index contributed by atoms with van der Waals surface area (Å²) < 4.78 is 10.7. The van der Waals surface area contributed by atoms with E-state index in [1.54, 1.807) is 32.9 Å². The summed E-state index contributed by atoms with van der Waals surface area (Å²) in [5.41, 5.74) is 0.784. The summed E-state index contributed by atoms with van der Waals surface area (Å²) in [5.74, 6) is 1.45. The summed E-state index contributed by atoms with van der Waals surface area (Å²) in [6.07, 6.45) is 1.60. The van der Waals surface area contributed by atoms with Crippen LogP contribution in [-0.4, -0.2) is 37.2 Å². The van der Waals surface area contributed by atoms with Crippen molar-refractivity contribution >= 4 is 11.8 Å². The van der Waals surface area contributed by atoms with Gasteiger partial charge in [0.05, 0.1) is 20.3 Å². The lowest BCUT2D eigenvalue weighted by molar-refractivity contribution is 0.0955. The van der Waals surface area contributed by atoms with Crippen LogP contribution in [0.1, 0.15) is 26.3 Å². The molecule has 0 aliphatic carbocycles. The van der Waals surface area contributed by atoms with E-state index in [4.69, 9.17) is 9.47 Å². The maximum Gasteiger partial charge on any atom is 0.161 e. The van der Waals surface area contributed by atoms with Gasteiger partial charge in [0, 0.05) is 17.0 Å². The van der Waals surface area contributed by atoms with Gasteiger partial charge < -0.3 is 19.9 Å². The van der Waals surface area contributed by atoms with Crippen LogP contribution in [0.25, 0.3) is 0 Å². The zero-order valence-electron chi connectivity index (χ0n) is 13.1. The van der Waals surface area contributed by atoms with Crippen molar-refractivity contribution in [3.05, 3.63) is 17.7 Å². The first-order valence-electron chi connectivity index (χ1n) is 6.57. The fourth-order valence-electron chi connectivity index (χ4n) is 1.70. The van der Waals surface area contributed by atoms with Gasteiger partial charge in [0.25, 0.3) is 0 Å². The number of thioether (sulfide) groups is 1. The van der Waals surface area contributed by atoms with Crippen LogP contribution in [0.2, 0.25) is 0 Å². The second-order valence-electron chi connectivity index (χ2n) is 5.27. The molecule has 0 radical (unpaired) electrons. The van der Waals surface area contributed by atoms with Crippen molar-refractivity contribution in [1.29, 1.82) is 0 Å². The van der Waals surface area contributed by atoms with E-state index in [1.165, 1.54) is 0 Å². The Morgan fingerprint density at radius 2 is 1.80 bits per heavy atom. The molecule has 2 N–H and O–H groups in total. The van der Waals surface area contributed by atoms with Gasteiger partial charge in [0.15, 0.2) is 11.5 Å². The molecule has 1 atom stereocenters. The topological polar surface area (TPSA) is 50.7 Å². The SMILES string of the molecule is COc1cc(CNC(C)(C)C(C)O)c(SC)cc1OC. The maximum atomic E-state index is 9.76. The molecule has 1 aromatic carbocycles. The van der Waals surface area contributed by atoms with E-state index in [0.29, 0.717) is 6.54 Å². The summed E-state index contributed by atoms with van der Waals surface area (Å²) in [5, 5.41) is 13.1. The van der Waals surface area contributed by atoms with Gasteiger partial charge in [-0.2, -0.15) is 0 Å². The average molecular weight is 299 g/mol. The number of rotatable bonds is 7. The van der Waals surface area contributed by atoms with Crippen molar-refractivity contribution in [2.45, 2.75) is 43.9 Å². The molecular weight excluding hydrogens is 274 g/mol. The van der Waals surface area contributed by atoms with E-state index in [2.05, 4.69) is 5.32 Å². The van der Waals surface area contributed by atoms with E-state index < -0.39 is 6.10 Å². The normalized spacial score (nSPS) is 13.2. The van der Waals surface area contributed by atoms with Gasteiger partial charge in [-0.15, -0.1) is 11.8 Å². The Labute approximate surface area is 125 Å². The largest absolute Gasteiger partial charge is 0.493 e. The summed E-state index contributed by atoms with van der Waals surface area (Å²) >= 11 is 1.67. The van der Waals surface area contributed by atoms with Crippen LogP contribution in [0.15, 0.2) is 17.0 Å². The third-order valence-corrected chi connectivity index (χ3v) is 4.39. The van der Waals surface area contributed by atoms with Gasteiger partial charge in [-0.3, -0.25) is 0 Å². The predicted molar refractivity (Wildman–Crippen MR) is 83.9 cm³/mol. The summed E-state index contributed by atoms with van der Waals surface area (Å²) in [6.45, 7) is 6.42. The lowest BCUT2D eigenvalue weighted by Crippen LogP contribution is -2.47. The van der Waals surface area contributed by atoms with Crippen LogP contribution in [0.5, 0.6) is 11.5 Å². The van der Waals surface area contributed by atoms with Crippen molar-refractivity contribution in [1.82, 2.24) is 5.32 Å². The predicted octanol–water partition coefficient (Wildman–Crippen LogP) is 2.67. The molecule has 1 unspecified atom stereocenters. The van der Waals surface area contributed by atoms with Gasteiger partial charge in [0.2, 0.25) is 0 Å². The fourth-order valence-corrected chi connectivity index (χ4v) is 2.32. The maximum absolute atomic E-state index is 9.76. The van der Waals surface area contributed by atoms with Gasteiger partial charge in [-0.25, -0.2) is 0 Å². The van der Waals surface area contributed by atoms with Crippen molar-refractivity contribution in [2.75, 3.05) is 20.5 Å². The molecule has 0 saturated carbocycles. The molecule has 4 nitrogen and oxygen atoms in total. The van der Waals surface area contributed by atoms with Crippen molar-refractivity contribution in [2.24, 2.45) is 0 Å². The van der Waals surface area contributed by atoms with E-state index in [-0.39, 0.29) is 5.54 Å². The molecule has 0 heterocycles. The van der Waals surface area contributed by atoms with E-state index in [1.807, 2.05) is 32.2 Å². The Balaban J connectivity index is 2.99. The number of benzene rings is 1. The van der Waals surface area contributed by atoms with Gasteiger partial charge in [0.1, 0.15) is 0 Å². The molecule has 0 amide bonds. The molecule has 1 rings (SSSR count). The highest BCUT2D eigenvalue weighted by molar-refractivity contribution is 7.98. The quantitative estimate of drug-likeness (QED) is 0.758. The number of hydrogen-bond donors (Lipinski definition) is 2. The first-order chi connectivity index (χ1) is 9.35. The monoisotopic (exact) mass is 299 g/mol. The number of aliphatic hydroxyl groups excluding tert-OH is 1. The second-order valence-corrected chi connectivity index (χ2v) is 6.12. The Bertz CT molecular complexity index is 447. The molecule has 0 aliphatic heterocycles. The molecule has 0 aliphatic rings. The molecular formula is C15H25NO3S. The number of aliphatic hydroxyl groups is 1. The molecule has 0 aromatic heterocycles. The van der Waals surface area contributed by atoms with Gasteiger partial charge >= 0.3 is 0 Å². The molecule has 20 heavy (non-hydrogen) atoms. The summed E-state index contributed by atoms with van der Waals surface area (Å²) in [6, 6.07) is 3.96. The van der Waals surface area contributed by atoms with E-state index in [0.717, 1.165) is 22.0 Å². The molecule has 1 aromatic rings. The van der Waals surface area contributed by atoms with Crippen molar-refractivity contribution in [3.8, 4) is 11.5 Å². The standard InChI is InChI=1S/C15H25NO3S/c1-10(17)15(2,3)16-9-11-7-12(18-4)13(19-5)8-14(11)20-6/h7-8,10,16-17H,9H2,1-6H3. The number of hydrogen-bond acceptors (Lipinski definition) is 5. The van der Waals surface area contributed by atoms with Crippen LogP contribution in [0.3, 0.4) is 0 Å². The van der Waals surface area contributed by atoms with Crippen LogP contribution < -0.4 is 14.8 Å². The lowest BCUT2D eigenvalue weighted by Gasteiger charge is -2.30. The van der Waals surface area contributed by atoms with Crippen LogP contribution in [-0.2, 0) is 6.54 Å². The fraction of sp³-hybridized carbons (Fsp3) is 0.600. The van der Waals surface area contributed by atoms with Crippen molar-refractivity contribution < 1.29 is 14.6 Å². The Hall–Kier alpha value is -0.910. The number of nitrogens with one attached hydrogen (secondary N) is 1. The average Bonchev–Trinajstić information content (AvgIpc) is 2.43. The summed E-state index contributed by atoms with van der Waals surface area (Å²) in [7, 11) is 3.27. The Morgan fingerprint density at radius 3 is 2.25 bits per heavy atom. The molecule has 0 fully saturated rings. The van der Waals surface area contributed by atoms with E-state index in [9.17, 15) is 5.11 Å². The van der Waals surface area contributed by atoms with Crippen LogP contribution >= 0.6 is 11.8 Å². The lowest BCUT2D eigenvalue weighted by atomic mass is 9.98. The van der Waals surface area contributed by atoms with Crippen molar-refractivity contribution in [3.63, 3.8) is 0 Å². The minimum Gasteiger partial charge on any atom is -0.493 e. The van der Waals surface area contributed by atoms with Gasteiger partial charge in [-0.1, -0.05) is 0 Å². The number of ether oxygens (including phenoxy) is 2. The highest BCUT2D eigenvalue weighted by atomic mass is 32.2. The van der Waals surface area contributed by atoms with Crippen LogP contribution in [0, 0.1) is 0 Å². The highest BCUT2D eigenvalue weighted by Crippen LogP contribution is 2.34. The van der Waals surface area contributed by atoms with Crippen LogP contribution in [0.4, 0.5) is 0 Å². The summed E-state index contributed by atoms with van der Waals surface area (Å²) in [4.78, 5) is 1.14. The first-order valence-corrected chi connectivity index (χ1v) is 7.80. The zero-order valence-corrected chi connectivity index (χ0v) is 13.9. The first kappa shape index (κ1) is 17.1. The third kappa shape index (κ3) is 4.04. The third-order valence-electron chi connectivity index (χ3n) is 3.57. The minimum atomic E-state index is -0.430. The van der Waals surface area contributed by atoms with E-state index >= 15 is 0 Å². The molecule has 114 valence electrons.